The molecule has 0 amide bonds. The van der Waals surface area contributed by atoms with Crippen molar-refractivity contribution in [3.05, 3.63) is 53.4 Å². The van der Waals surface area contributed by atoms with Crippen molar-refractivity contribution in [2.24, 2.45) is 5.73 Å². The first-order valence-electron chi connectivity index (χ1n) is 4.56. The van der Waals surface area contributed by atoms with Crippen LogP contribution in [0.15, 0.2) is 41.1 Å². The maximum Gasteiger partial charge on any atom is 0.145 e. The van der Waals surface area contributed by atoms with E-state index in [4.69, 9.17) is 10.3 Å². The van der Waals surface area contributed by atoms with Gasteiger partial charge in [-0.1, -0.05) is 35.5 Å². The molecule has 0 fully saturated rings. The highest BCUT2D eigenvalue weighted by molar-refractivity contribution is 5.24. The Hall–Kier alpha value is -1.61. The quantitative estimate of drug-likeness (QED) is 0.798. The van der Waals surface area contributed by atoms with Crippen molar-refractivity contribution in [2.45, 2.75) is 13.0 Å². The Kier molecular flexibility index (Phi) is 2.60. The van der Waals surface area contributed by atoms with E-state index in [2.05, 4.69) is 17.3 Å². The van der Waals surface area contributed by atoms with Gasteiger partial charge in [0.15, 0.2) is 0 Å². The van der Waals surface area contributed by atoms with E-state index >= 15 is 0 Å². The van der Waals surface area contributed by atoms with Crippen molar-refractivity contribution in [2.75, 3.05) is 0 Å². The standard InChI is InChI=1S/C11H12N2O/c12-7-10-8-13-14-11(10)6-9-4-2-1-3-5-9/h1-5,8H,6-7,12H2. The SMILES string of the molecule is NCc1cnoc1Cc1ccccc1. The Morgan fingerprint density at radius 3 is 2.71 bits per heavy atom. The van der Waals surface area contributed by atoms with Crippen molar-refractivity contribution in [1.29, 1.82) is 0 Å². The normalized spacial score (nSPS) is 10.4. The average molecular weight is 188 g/mol. The lowest BCUT2D eigenvalue weighted by Gasteiger charge is -1.98. The molecule has 0 saturated heterocycles. The maximum absolute atomic E-state index is 5.55. The summed E-state index contributed by atoms with van der Waals surface area (Å²) in [4.78, 5) is 0. The number of rotatable bonds is 3. The first-order valence-corrected chi connectivity index (χ1v) is 4.56. The van der Waals surface area contributed by atoms with Crippen molar-refractivity contribution in [3.63, 3.8) is 0 Å². The Labute approximate surface area is 82.5 Å². The molecule has 3 nitrogen and oxygen atoms in total. The zero-order valence-corrected chi connectivity index (χ0v) is 7.81. The minimum Gasteiger partial charge on any atom is -0.361 e. The molecule has 0 radical (unpaired) electrons. The largest absolute Gasteiger partial charge is 0.361 e. The Morgan fingerprint density at radius 1 is 1.21 bits per heavy atom. The van der Waals surface area contributed by atoms with Gasteiger partial charge in [0.05, 0.1) is 6.20 Å². The van der Waals surface area contributed by atoms with Crippen LogP contribution in [0.25, 0.3) is 0 Å². The summed E-state index contributed by atoms with van der Waals surface area (Å²) < 4.78 is 5.13. The van der Waals surface area contributed by atoms with Crippen LogP contribution in [0, 0.1) is 0 Å². The summed E-state index contributed by atoms with van der Waals surface area (Å²) >= 11 is 0. The van der Waals surface area contributed by atoms with Crippen LogP contribution in [-0.2, 0) is 13.0 Å². The third-order valence-corrected chi connectivity index (χ3v) is 2.16. The second-order valence-corrected chi connectivity index (χ2v) is 3.14. The smallest absolute Gasteiger partial charge is 0.145 e. The molecule has 0 saturated carbocycles. The van der Waals surface area contributed by atoms with E-state index in [9.17, 15) is 0 Å². The molecule has 0 atom stereocenters. The van der Waals surface area contributed by atoms with Crippen molar-refractivity contribution < 1.29 is 4.52 Å². The predicted octanol–water partition coefficient (Wildman–Crippen LogP) is 1.72. The highest BCUT2D eigenvalue weighted by atomic mass is 16.5. The van der Waals surface area contributed by atoms with E-state index < -0.39 is 0 Å². The van der Waals surface area contributed by atoms with Crippen LogP contribution in [0.3, 0.4) is 0 Å². The van der Waals surface area contributed by atoms with Gasteiger partial charge < -0.3 is 10.3 Å². The second-order valence-electron chi connectivity index (χ2n) is 3.14. The molecule has 0 aliphatic heterocycles. The number of benzene rings is 1. The average Bonchev–Trinajstić information content (AvgIpc) is 2.67. The first-order chi connectivity index (χ1) is 6.90. The lowest BCUT2D eigenvalue weighted by Crippen LogP contribution is -1.98. The van der Waals surface area contributed by atoms with Gasteiger partial charge in [-0.05, 0) is 5.56 Å². The number of nitrogens with two attached hydrogens (primary N) is 1. The number of aromatic nitrogens is 1. The molecule has 2 rings (SSSR count). The lowest BCUT2D eigenvalue weighted by atomic mass is 10.1. The molecule has 1 aromatic heterocycles. The van der Waals surface area contributed by atoms with Crippen LogP contribution in [0.4, 0.5) is 0 Å². The summed E-state index contributed by atoms with van der Waals surface area (Å²) in [5, 5.41) is 3.73. The molecule has 14 heavy (non-hydrogen) atoms. The van der Waals surface area contributed by atoms with E-state index in [0.29, 0.717) is 6.54 Å². The first kappa shape index (κ1) is 8.97. The third kappa shape index (κ3) is 1.83. The maximum atomic E-state index is 5.55. The Morgan fingerprint density at radius 2 is 2.00 bits per heavy atom. The monoisotopic (exact) mass is 188 g/mol. The van der Waals surface area contributed by atoms with Gasteiger partial charge in [-0.25, -0.2) is 0 Å². The van der Waals surface area contributed by atoms with E-state index in [1.54, 1.807) is 6.20 Å². The predicted molar refractivity (Wildman–Crippen MR) is 53.6 cm³/mol. The number of nitrogens with zero attached hydrogens (tertiary/aromatic N) is 1. The van der Waals surface area contributed by atoms with E-state index in [-0.39, 0.29) is 0 Å². The van der Waals surface area contributed by atoms with Gasteiger partial charge in [0.25, 0.3) is 0 Å². The molecule has 2 aromatic rings. The summed E-state index contributed by atoms with van der Waals surface area (Å²) in [5.41, 5.74) is 7.74. The fourth-order valence-corrected chi connectivity index (χ4v) is 1.38. The van der Waals surface area contributed by atoms with E-state index in [0.717, 1.165) is 17.7 Å². The highest BCUT2D eigenvalue weighted by Crippen LogP contribution is 2.12. The number of hydrogen-bond donors (Lipinski definition) is 1. The number of hydrogen-bond acceptors (Lipinski definition) is 3. The Bertz CT molecular complexity index is 395. The van der Waals surface area contributed by atoms with Gasteiger partial charge in [-0.3, -0.25) is 0 Å². The fourth-order valence-electron chi connectivity index (χ4n) is 1.38. The molecule has 1 aromatic carbocycles. The van der Waals surface area contributed by atoms with Crippen LogP contribution in [0.5, 0.6) is 0 Å². The van der Waals surface area contributed by atoms with Gasteiger partial charge in [0, 0.05) is 18.5 Å². The molecular formula is C11H12N2O. The zero-order valence-electron chi connectivity index (χ0n) is 7.81. The summed E-state index contributed by atoms with van der Waals surface area (Å²) in [7, 11) is 0. The van der Waals surface area contributed by atoms with Gasteiger partial charge in [-0.2, -0.15) is 0 Å². The van der Waals surface area contributed by atoms with Crippen molar-refractivity contribution >= 4 is 0 Å². The molecule has 72 valence electrons. The van der Waals surface area contributed by atoms with E-state index in [1.807, 2.05) is 18.2 Å². The van der Waals surface area contributed by atoms with Gasteiger partial charge in [0.1, 0.15) is 5.76 Å². The molecular weight excluding hydrogens is 176 g/mol. The molecule has 1 heterocycles. The molecule has 0 aliphatic rings. The fraction of sp³-hybridized carbons (Fsp3) is 0.182. The van der Waals surface area contributed by atoms with Crippen molar-refractivity contribution in [1.82, 2.24) is 5.16 Å². The van der Waals surface area contributed by atoms with Crippen LogP contribution < -0.4 is 5.73 Å². The summed E-state index contributed by atoms with van der Waals surface area (Å²) in [6.45, 7) is 0.478. The molecule has 0 spiro atoms. The lowest BCUT2D eigenvalue weighted by molar-refractivity contribution is 0.388. The summed E-state index contributed by atoms with van der Waals surface area (Å²) in [6.07, 6.45) is 2.44. The van der Waals surface area contributed by atoms with Crippen LogP contribution in [0.2, 0.25) is 0 Å². The van der Waals surface area contributed by atoms with Crippen molar-refractivity contribution in [3.8, 4) is 0 Å². The van der Waals surface area contributed by atoms with Crippen LogP contribution in [-0.4, -0.2) is 5.16 Å². The highest BCUT2D eigenvalue weighted by Gasteiger charge is 2.06. The van der Waals surface area contributed by atoms with Crippen LogP contribution >= 0.6 is 0 Å². The Balaban J connectivity index is 2.19. The topological polar surface area (TPSA) is 52.0 Å². The van der Waals surface area contributed by atoms with Gasteiger partial charge in [0.2, 0.25) is 0 Å². The molecule has 0 unspecified atom stereocenters. The second kappa shape index (κ2) is 4.07. The minimum atomic E-state index is 0.478. The molecule has 0 aliphatic carbocycles. The third-order valence-electron chi connectivity index (χ3n) is 2.16. The zero-order chi connectivity index (χ0) is 9.80. The van der Waals surface area contributed by atoms with E-state index in [1.165, 1.54) is 5.56 Å². The van der Waals surface area contributed by atoms with Gasteiger partial charge in [-0.15, -0.1) is 0 Å². The van der Waals surface area contributed by atoms with Crippen LogP contribution in [0.1, 0.15) is 16.9 Å². The van der Waals surface area contributed by atoms with Gasteiger partial charge >= 0.3 is 0 Å². The molecule has 2 N–H and O–H groups in total. The molecule has 0 bridgehead atoms. The summed E-state index contributed by atoms with van der Waals surface area (Å²) in [6, 6.07) is 10.1. The minimum absolute atomic E-state index is 0.478. The molecule has 3 heteroatoms. The summed E-state index contributed by atoms with van der Waals surface area (Å²) in [5.74, 6) is 0.860.